The predicted octanol–water partition coefficient (Wildman–Crippen LogP) is 4.03. The molecule has 0 saturated carbocycles. The van der Waals surface area contributed by atoms with Gasteiger partial charge in [0.2, 0.25) is 12.6 Å². The van der Waals surface area contributed by atoms with E-state index in [1.54, 1.807) is 62.4 Å². The van der Waals surface area contributed by atoms with Gasteiger partial charge in [-0.3, -0.25) is 9.78 Å². The normalized spacial score (nSPS) is 12.4. The molecule has 2 unspecified atom stereocenters. The van der Waals surface area contributed by atoms with E-state index in [4.69, 9.17) is 19.2 Å². The van der Waals surface area contributed by atoms with Crippen molar-refractivity contribution >= 4 is 18.1 Å². The lowest BCUT2D eigenvalue weighted by Crippen LogP contribution is -2.25. The van der Waals surface area contributed by atoms with E-state index in [9.17, 15) is 14.4 Å². The molecule has 2 rings (SSSR count). The van der Waals surface area contributed by atoms with Gasteiger partial charge in [0, 0.05) is 13.8 Å². The Morgan fingerprint density at radius 1 is 0.667 bits per heavy atom. The van der Waals surface area contributed by atoms with Gasteiger partial charge in [-0.1, -0.05) is 36.4 Å². The Kier molecular flexibility index (Phi) is 8.33. The summed E-state index contributed by atoms with van der Waals surface area (Å²) in [5.74, 6) is -1.48. The predicted molar refractivity (Wildman–Crippen MR) is 102 cm³/mol. The molecular weight excluding hydrogens is 396 g/mol. The highest BCUT2D eigenvalue weighted by atomic mass is 17.2. The lowest BCUT2D eigenvalue weighted by atomic mass is 10.1. The third-order valence-corrected chi connectivity index (χ3v) is 3.77. The lowest BCUT2D eigenvalue weighted by molar-refractivity contribution is -0.340. The van der Waals surface area contributed by atoms with Crippen LogP contribution < -0.4 is 0 Å². The molecule has 0 bridgehead atoms. The fourth-order valence-electron chi connectivity index (χ4n) is 2.25. The van der Waals surface area contributed by atoms with E-state index in [0.717, 1.165) is 0 Å². The summed E-state index contributed by atoms with van der Waals surface area (Å²) >= 11 is 0. The van der Waals surface area contributed by atoms with Crippen molar-refractivity contribution in [2.75, 3.05) is 0 Å². The first-order chi connectivity index (χ1) is 14.3. The first kappa shape index (κ1) is 22.9. The highest BCUT2D eigenvalue weighted by molar-refractivity contribution is 5.91. The van der Waals surface area contributed by atoms with Crippen molar-refractivity contribution in [3.05, 3.63) is 70.8 Å². The first-order valence-electron chi connectivity index (χ1n) is 9.01. The minimum atomic E-state index is -1.26. The van der Waals surface area contributed by atoms with E-state index < -0.39 is 30.7 Å². The third kappa shape index (κ3) is 6.87. The quantitative estimate of drug-likeness (QED) is 0.272. The smallest absolute Gasteiger partial charge is 0.401 e. The molecule has 9 heteroatoms. The third-order valence-electron chi connectivity index (χ3n) is 3.77. The zero-order chi connectivity index (χ0) is 22.1. The van der Waals surface area contributed by atoms with Gasteiger partial charge in [0.05, 0.1) is 11.1 Å². The molecule has 0 aromatic heterocycles. The maximum absolute atomic E-state index is 11.9. The average Bonchev–Trinajstić information content (AvgIpc) is 2.70. The van der Waals surface area contributed by atoms with Gasteiger partial charge in [0.25, 0.3) is 0 Å². The van der Waals surface area contributed by atoms with E-state index in [0.29, 0.717) is 22.3 Å². The minimum Gasteiger partial charge on any atom is -0.401 e. The topological polar surface area (TPSA) is 107 Å². The number of benzene rings is 2. The highest BCUT2D eigenvalue weighted by Crippen LogP contribution is 2.11. The van der Waals surface area contributed by atoms with Crippen molar-refractivity contribution in [3.8, 4) is 0 Å². The molecule has 2 aromatic rings. The van der Waals surface area contributed by atoms with E-state index in [-0.39, 0.29) is 0 Å². The molecule has 0 spiro atoms. The van der Waals surface area contributed by atoms with E-state index in [1.807, 2.05) is 0 Å². The molecule has 2 aromatic carbocycles. The number of aryl methyl sites for hydroxylation is 2. The van der Waals surface area contributed by atoms with Crippen molar-refractivity contribution in [1.82, 2.24) is 0 Å². The van der Waals surface area contributed by atoms with Crippen molar-refractivity contribution < 1.29 is 43.4 Å². The second kappa shape index (κ2) is 10.9. The van der Waals surface area contributed by atoms with Crippen LogP contribution in [0.25, 0.3) is 0 Å². The molecule has 9 nitrogen and oxygen atoms in total. The minimum absolute atomic E-state index is 0.310. The zero-order valence-corrected chi connectivity index (χ0v) is 16.9. The molecule has 0 aliphatic heterocycles. The number of ether oxygens (including phenoxy) is 2. The second-order valence-electron chi connectivity index (χ2n) is 6.18. The SMILES string of the molecule is Cc1ccccc1C(=O)OOC(C)OC(=O)OC(C)OOC(=O)c1ccccc1C. The molecule has 0 saturated heterocycles. The van der Waals surface area contributed by atoms with Crippen molar-refractivity contribution in [1.29, 1.82) is 0 Å². The van der Waals surface area contributed by atoms with Crippen LogP contribution in [0.5, 0.6) is 0 Å². The van der Waals surface area contributed by atoms with E-state index in [2.05, 4.69) is 9.78 Å². The first-order valence-corrected chi connectivity index (χ1v) is 9.01. The van der Waals surface area contributed by atoms with Gasteiger partial charge in [-0.25, -0.2) is 14.4 Å². The molecule has 0 aliphatic carbocycles. The van der Waals surface area contributed by atoms with Crippen LogP contribution >= 0.6 is 0 Å². The molecule has 0 N–H and O–H groups in total. The molecule has 30 heavy (non-hydrogen) atoms. The van der Waals surface area contributed by atoms with Crippen molar-refractivity contribution in [2.24, 2.45) is 0 Å². The van der Waals surface area contributed by atoms with Gasteiger partial charge < -0.3 is 9.47 Å². The number of hydrogen-bond donors (Lipinski definition) is 0. The largest absolute Gasteiger partial charge is 0.513 e. The van der Waals surface area contributed by atoms with Crippen LogP contribution in [0.1, 0.15) is 45.7 Å². The van der Waals surface area contributed by atoms with Crippen LogP contribution in [0, 0.1) is 13.8 Å². The van der Waals surface area contributed by atoms with Gasteiger partial charge >= 0.3 is 18.1 Å². The molecule has 0 aliphatic rings. The van der Waals surface area contributed by atoms with Crippen LogP contribution in [0.2, 0.25) is 0 Å². The Balaban J connectivity index is 1.71. The van der Waals surface area contributed by atoms with Gasteiger partial charge in [-0.2, -0.15) is 0 Å². The van der Waals surface area contributed by atoms with Crippen LogP contribution in [0.4, 0.5) is 4.79 Å². The number of carbonyl (C=O) groups is 3. The Morgan fingerprint density at radius 3 is 1.40 bits per heavy atom. The van der Waals surface area contributed by atoms with E-state index >= 15 is 0 Å². The van der Waals surface area contributed by atoms with Crippen LogP contribution in [0.15, 0.2) is 48.5 Å². The Morgan fingerprint density at radius 2 is 1.03 bits per heavy atom. The molecule has 2 atom stereocenters. The van der Waals surface area contributed by atoms with Gasteiger partial charge in [0.15, 0.2) is 0 Å². The van der Waals surface area contributed by atoms with Crippen LogP contribution in [0.3, 0.4) is 0 Å². The summed E-state index contributed by atoms with van der Waals surface area (Å²) in [5, 5.41) is 0. The summed E-state index contributed by atoms with van der Waals surface area (Å²) in [4.78, 5) is 54.3. The maximum atomic E-state index is 11.9. The van der Waals surface area contributed by atoms with E-state index in [1.165, 1.54) is 13.8 Å². The van der Waals surface area contributed by atoms with Gasteiger partial charge in [0.1, 0.15) is 0 Å². The monoisotopic (exact) mass is 418 g/mol. The molecule has 0 fully saturated rings. The standard InChI is InChI=1S/C21H22O9/c1-13-9-5-7-11-17(13)19(22)29-27-15(3)25-21(24)26-16(4)28-30-20(23)18-12-8-6-10-14(18)2/h5-12,15-16H,1-4H3. The molecule has 0 heterocycles. The molecule has 160 valence electrons. The summed E-state index contributed by atoms with van der Waals surface area (Å²) in [6.07, 6.45) is -3.70. The molecular formula is C21H22O9. The Bertz CT molecular complexity index is 822. The summed E-state index contributed by atoms with van der Waals surface area (Å²) in [5.41, 5.74) is 2.02. The second-order valence-corrected chi connectivity index (χ2v) is 6.18. The van der Waals surface area contributed by atoms with Crippen LogP contribution in [-0.2, 0) is 29.0 Å². The summed E-state index contributed by atoms with van der Waals surface area (Å²) < 4.78 is 9.53. The Labute approximate surface area is 173 Å². The fraction of sp³-hybridized carbons (Fsp3) is 0.286. The summed E-state index contributed by atoms with van der Waals surface area (Å²) in [7, 11) is 0. The molecule has 0 radical (unpaired) electrons. The fourth-order valence-corrected chi connectivity index (χ4v) is 2.25. The average molecular weight is 418 g/mol. The number of carbonyl (C=O) groups excluding carboxylic acids is 3. The van der Waals surface area contributed by atoms with Crippen LogP contribution in [-0.4, -0.2) is 30.7 Å². The van der Waals surface area contributed by atoms with Crippen molar-refractivity contribution in [2.45, 2.75) is 40.3 Å². The number of rotatable bonds is 8. The maximum Gasteiger partial charge on any atom is 0.513 e. The Hall–Kier alpha value is -3.43. The lowest BCUT2D eigenvalue weighted by Gasteiger charge is -2.15. The zero-order valence-electron chi connectivity index (χ0n) is 16.9. The molecule has 0 amide bonds. The number of hydrogen-bond acceptors (Lipinski definition) is 9. The van der Waals surface area contributed by atoms with Gasteiger partial charge in [-0.05, 0) is 37.1 Å². The summed E-state index contributed by atoms with van der Waals surface area (Å²) in [6, 6.07) is 13.5. The van der Waals surface area contributed by atoms with Gasteiger partial charge in [-0.15, -0.1) is 9.78 Å². The highest BCUT2D eigenvalue weighted by Gasteiger charge is 2.20. The summed E-state index contributed by atoms with van der Waals surface area (Å²) in [6.45, 7) is 6.11. The van der Waals surface area contributed by atoms with Crippen molar-refractivity contribution in [3.63, 3.8) is 0 Å².